The molecule has 0 spiro atoms. The molecule has 2 aromatic rings. The van der Waals surface area contributed by atoms with E-state index in [-0.39, 0.29) is 0 Å². The van der Waals surface area contributed by atoms with Gasteiger partial charge in [-0.1, -0.05) is 12.1 Å². The number of hydrogen-bond acceptors (Lipinski definition) is 3. The van der Waals surface area contributed by atoms with Crippen LogP contribution in [-0.2, 0) is 0 Å². The van der Waals surface area contributed by atoms with E-state index in [1.807, 2.05) is 6.07 Å². The lowest BCUT2D eigenvalue weighted by atomic mass is 10.2. The van der Waals surface area contributed by atoms with E-state index in [2.05, 4.69) is 15.4 Å². The normalized spacial score (nSPS) is 12.7. The summed E-state index contributed by atoms with van der Waals surface area (Å²) in [6.07, 6.45) is 0.500. The summed E-state index contributed by atoms with van der Waals surface area (Å²) in [5, 5.41) is 6.74. The molecular formula is C11H12F2N4. The van der Waals surface area contributed by atoms with Crippen LogP contribution in [0.5, 0.6) is 0 Å². The highest BCUT2D eigenvalue weighted by Gasteiger charge is 2.15. The fraction of sp³-hybridized carbons (Fsp3) is 0.273. The van der Waals surface area contributed by atoms with Crippen molar-refractivity contribution in [3.8, 4) is 5.69 Å². The fourth-order valence-electron chi connectivity index (χ4n) is 1.44. The first-order chi connectivity index (χ1) is 8.18. The van der Waals surface area contributed by atoms with E-state index in [0.29, 0.717) is 11.4 Å². The number of aromatic nitrogens is 3. The number of nitrogens with one attached hydrogen (secondary N) is 1. The Morgan fingerprint density at radius 2 is 2.06 bits per heavy atom. The molecule has 4 nitrogen and oxygen atoms in total. The second-order valence-corrected chi connectivity index (χ2v) is 3.62. The summed E-state index contributed by atoms with van der Waals surface area (Å²) in [5.41, 5.74) is 1.29. The quantitative estimate of drug-likeness (QED) is 0.889. The maximum atomic E-state index is 12.5. The molecule has 1 aromatic carbocycles. The molecule has 0 radical (unpaired) electrons. The van der Waals surface area contributed by atoms with E-state index < -0.39 is 12.5 Å². The van der Waals surface area contributed by atoms with Crippen molar-refractivity contribution < 1.29 is 8.78 Å². The third-order valence-electron chi connectivity index (χ3n) is 2.33. The van der Waals surface area contributed by atoms with Gasteiger partial charge in [0, 0.05) is 0 Å². The van der Waals surface area contributed by atoms with Gasteiger partial charge in [-0.05, 0) is 19.1 Å². The highest BCUT2D eigenvalue weighted by molar-refractivity contribution is 5.60. The van der Waals surface area contributed by atoms with Crippen LogP contribution in [0.25, 0.3) is 5.69 Å². The largest absolute Gasteiger partial charge is 0.375 e. The van der Waals surface area contributed by atoms with Crippen molar-refractivity contribution in [2.45, 2.75) is 19.4 Å². The maximum absolute atomic E-state index is 12.5. The van der Waals surface area contributed by atoms with E-state index in [9.17, 15) is 8.78 Å². The predicted octanol–water partition coefficient (Wildman–Crippen LogP) is 2.33. The second kappa shape index (κ2) is 4.90. The SMILES string of the molecule is CC(Nc1ccccc1-n1cncn1)C(F)F. The number of benzene rings is 1. The molecule has 0 saturated carbocycles. The van der Waals surface area contributed by atoms with Crippen LogP contribution in [-0.4, -0.2) is 27.2 Å². The zero-order valence-electron chi connectivity index (χ0n) is 9.22. The van der Waals surface area contributed by atoms with Gasteiger partial charge in [-0.2, -0.15) is 5.10 Å². The average Bonchev–Trinajstić information content (AvgIpc) is 2.83. The van der Waals surface area contributed by atoms with Gasteiger partial charge in [-0.25, -0.2) is 18.4 Å². The second-order valence-electron chi connectivity index (χ2n) is 3.62. The molecule has 1 heterocycles. The van der Waals surface area contributed by atoms with Crippen molar-refractivity contribution in [3.05, 3.63) is 36.9 Å². The number of anilines is 1. The summed E-state index contributed by atoms with van der Waals surface area (Å²) < 4.78 is 26.5. The highest BCUT2D eigenvalue weighted by atomic mass is 19.3. The monoisotopic (exact) mass is 238 g/mol. The number of hydrogen-bond donors (Lipinski definition) is 1. The number of nitrogens with zero attached hydrogens (tertiary/aromatic N) is 3. The highest BCUT2D eigenvalue weighted by Crippen LogP contribution is 2.20. The number of rotatable bonds is 4. The third kappa shape index (κ3) is 2.58. The molecule has 1 atom stereocenters. The summed E-state index contributed by atoms with van der Waals surface area (Å²) in [5.74, 6) is 0. The van der Waals surface area contributed by atoms with Crippen LogP contribution < -0.4 is 5.32 Å². The van der Waals surface area contributed by atoms with Crippen LogP contribution in [0.15, 0.2) is 36.9 Å². The van der Waals surface area contributed by atoms with Crippen LogP contribution in [0.1, 0.15) is 6.92 Å². The van der Waals surface area contributed by atoms with Crippen molar-refractivity contribution >= 4 is 5.69 Å². The zero-order valence-corrected chi connectivity index (χ0v) is 9.22. The van der Waals surface area contributed by atoms with Gasteiger partial charge >= 0.3 is 0 Å². The van der Waals surface area contributed by atoms with E-state index in [4.69, 9.17) is 0 Å². The van der Waals surface area contributed by atoms with Gasteiger partial charge in [0.2, 0.25) is 0 Å². The summed E-state index contributed by atoms with van der Waals surface area (Å²) >= 11 is 0. The minimum atomic E-state index is -2.42. The molecule has 0 bridgehead atoms. The molecule has 1 unspecified atom stereocenters. The molecule has 0 aliphatic carbocycles. The van der Waals surface area contributed by atoms with Gasteiger partial charge in [0.1, 0.15) is 12.7 Å². The van der Waals surface area contributed by atoms with Crippen LogP contribution in [0.2, 0.25) is 0 Å². The number of alkyl halides is 2. The van der Waals surface area contributed by atoms with Gasteiger partial charge < -0.3 is 5.32 Å². The first-order valence-electron chi connectivity index (χ1n) is 5.17. The van der Waals surface area contributed by atoms with Gasteiger partial charge in [0.25, 0.3) is 6.43 Å². The van der Waals surface area contributed by atoms with Crippen LogP contribution in [0, 0.1) is 0 Å². The molecule has 1 N–H and O–H groups in total. The van der Waals surface area contributed by atoms with E-state index >= 15 is 0 Å². The van der Waals surface area contributed by atoms with E-state index in [1.54, 1.807) is 18.2 Å². The summed E-state index contributed by atoms with van der Waals surface area (Å²) in [6, 6.07) is 6.20. The Hall–Kier alpha value is -1.98. The topological polar surface area (TPSA) is 42.7 Å². The summed E-state index contributed by atoms with van der Waals surface area (Å²) in [6.45, 7) is 1.43. The van der Waals surface area contributed by atoms with Crippen molar-refractivity contribution in [3.63, 3.8) is 0 Å². The summed E-state index contributed by atoms with van der Waals surface area (Å²) in [7, 11) is 0. The first-order valence-corrected chi connectivity index (χ1v) is 5.17. The van der Waals surface area contributed by atoms with Gasteiger partial charge in [-0.15, -0.1) is 0 Å². The van der Waals surface area contributed by atoms with Crippen molar-refractivity contribution in [2.75, 3.05) is 5.32 Å². The predicted molar refractivity (Wildman–Crippen MR) is 60.4 cm³/mol. The molecule has 0 aliphatic heterocycles. The van der Waals surface area contributed by atoms with Gasteiger partial charge in [-0.3, -0.25) is 0 Å². The lowest BCUT2D eigenvalue weighted by Gasteiger charge is -2.16. The lowest BCUT2D eigenvalue weighted by molar-refractivity contribution is 0.130. The Bertz CT molecular complexity index is 470. The average molecular weight is 238 g/mol. The molecular weight excluding hydrogens is 226 g/mol. The Morgan fingerprint density at radius 1 is 1.29 bits per heavy atom. The smallest absolute Gasteiger partial charge is 0.258 e. The molecule has 0 aliphatic rings. The van der Waals surface area contributed by atoms with E-state index in [1.165, 1.54) is 24.3 Å². The van der Waals surface area contributed by atoms with Gasteiger partial charge in [0.15, 0.2) is 0 Å². The fourth-order valence-corrected chi connectivity index (χ4v) is 1.44. The zero-order chi connectivity index (χ0) is 12.3. The lowest BCUT2D eigenvalue weighted by Crippen LogP contribution is -2.24. The standard InChI is InChI=1S/C11H12F2N4/c1-8(11(12)13)16-9-4-2-3-5-10(9)17-7-14-6-15-17/h2-8,11,16H,1H3. The van der Waals surface area contributed by atoms with Gasteiger partial charge in [0.05, 0.1) is 17.4 Å². The minimum Gasteiger partial charge on any atom is -0.375 e. The molecule has 0 amide bonds. The Balaban J connectivity index is 2.29. The molecule has 2 rings (SSSR count). The minimum absolute atomic E-state index is 0.603. The third-order valence-corrected chi connectivity index (χ3v) is 2.33. The Morgan fingerprint density at radius 3 is 2.71 bits per heavy atom. The molecule has 17 heavy (non-hydrogen) atoms. The molecule has 6 heteroatoms. The number of halogens is 2. The Kier molecular flexibility index (Phi) is 3.32. The van der Waals surface area contributed by atoms with Crippen LogP contribution in [0.3, 0.4) is 0 Å². The van der Waals surface area contributed by atoms with E-state index in [0.717, 1.165) is 0 Å². The molecule has 0 saturated heterocycles. The maximum Gasteiger partial charge on any atom is 0.258 e. The first kappa shape index (κ1) is 11.5. The number of para-hydroxylation sites is 2. The summed E-state index contributed by atoms with van der Waals surface area (Å²) in [4.78, 5) is 3.83. The molecule has 90 valence electrons. The molecule has 0 fully saturated rings. The van der Waals surface area contributed by atoms with Crippen LogP contribution in [0.4, 0.5) is 14.5 Å². The van der Waals surface area contributed by atoms with Crippen molar-refractivity contribution in [1.29, 1.82) is 0 Å². The van der Waals surface area contributed by atoms with Crippen molar-refractivity contribution in [1.82, 2.24) is 14.8 Å². The van der Waals surface area contributed by atoms with Crippen molar-refractivity contribution in [2.24, 2.45) is 0 Å². The van der Waals surface area contributed by atoms with Crippen LogP contribution >= 0.6 is 0 Å². The Labute approximate surface area is 97.3 Å². The molecule has 1 aromatic heterocycles.